The fourth-order valence-electron chi connectivity index (χ4n) is 2.02. The van der Waals surface area contributed by atoms with Crippen LogP contribution in [0.15, 0.2) is 24.3 Å². The van der Waals surface area contributed by atoms with Gasteiger partial charge in [0.2, 0.25) is 0 Å². The van der Waals surface area contributed by atoms with E-state index < -0.39 is 5.97 Å². The van der Waals surface area contributed by atoms with E-state index >= 15 is 0 Å². The molecule has 0 spiro atoms. The zero-order valence-electron chi connectivity index (χ0n) is 11.5. The molecule has 1 heterocycles. The lowest BCUT2D eigenvalue weighted by atomic mass is 9.95. The van der Waals surface area contributed by atoms with Crippen LogP contribution in [-0.4, -0.2) is 33.6 Å². The number of alkyl halides is 1. The van der Waals surface area contributed by atoms with Gasteiger partial charge in [-0.1, -0.05) is 18.2 Å². The van der Waals surface area contributed by atoms with Crippen molar-refractivity contribution in [3.8, 4) is 0 Å². The van der Waals surface area contributed by atoms with E-state index in [0.717, 1.165) is 0 Å². The summed E-state index contributed by atoms with van der Waals surface area (Å²) in [5.41, 5.74) is 0.463. The Morgan fingerprint density at radius 3 is 2.90 bits per heavy atom. The second-order valence-electron chi connectivity index (χ2n) is 4.32. The van der Waals surface area contributed by atoms with E-state index in [4.69, 9.17) is 16.3 Å². The minimum absolute atomic E-state index is 0.0669. The molecule has 0 saturated heterocycles. The lowest BCUT2D eigenvalue weighted by Crippen LogP contribution is -2.09. The van der Waals surface area contributed by atoms with E-state index in [9.17, 15) is 9.18 Å². The van der Waals surface area contributed by atoms with Gasteiger partial charge >= 0.3 is 5.97 Å². The second kappa shape index (κ2) is 7.17. The summed E-state index contributed by atoms with van der Waals surface area (Å²) >= 11 is 5.79. The SMILES string of the molecule is CCOC(=O)c1n[nH]c(C(CCCl)c2ccccc2F)n1. The van der Waals surface area contributed by atoms with E-state index in [-0.39, 0.29) is 24.2 Å². The van der Waals surface area contributed by atoms with Crippen LogP contribution in [0.25, 0.3) is 0 Å². The van der Waals surface area contributed by atoms with Crippen molar-refractivity contribution < 1.29 is 13.9 Å². The highest BCUT2D eigenvalue weighted by Crippen LogP contribution is 2.28. The number of halogens is 2. The molecule has 1 aromatic heterocycles. The van der Waals surface area contributed by atoms with Crippen molar-refractivity contribution >= 4 is 17.6 Å². The number of esters is 1. The molecule has 0 bridgehead atoms. The topological polar surface area (TPSA) is 67.9 Å². The summed E-state index contributed by atoms with van der Waals surface area (Å²) < 4.78 is 18.8. The molecule has 0 aliphatic carbocycles. The standard InChI is InChI=1S/C14H15ClFN3O2/c1-2-21-14(20)13-17-12(18-19-13)10(7-8-15)9-5-3-4-6-11(9)16/h3-6,10H,2,7-8H2,1H3,(H,17,18,19). The molecule has 0 saturated carbocycles. The first-order valence-corrected chi connectivity index (χ1v) is 7.10. The lowest BCUT2D eigenvalue weighted by molar-refractivity contribution is 0.0512. The maximum absolute atomic E-state index is 13.9. The largest absolute Gasteiger partial charge is 0.460 e. The Balaban J connectivity index is 2.31. The van der Waals surface area contributed by atoms with Crippen LogP contribution in [0.2, 0.25) is 0 Å². The summed E-state index contributed by atoms with van der Waals surface area (Å²) in [5.74, 6) is -0.695. The normalized spacial score (nSPS) is 12.1. The molecule has 2 aromatic rings. The number of aromatic amines is 1. The number of H-pyrrole nitrogens is 1. The summed E-state index contributed by atoms with van der Waals surface area (Å²) in [4.78, 5) is 15.7. The summed E-state index contributed by atoms with van der Waals surface area (Å²) in [6, 6.07) is 6.39. The molecule has 0 aliphatic rings. The predicted octanol–water partition coefficient (Wildman–Crippen LogP) is 2.88. The molecular formula is C14H15ClFN3O2. The zero-order valence-corrected chi connectivity index (χ0v) is 12.2. The summed E-state index contributed by atoms with van der Waals surface area (Å²) in [6.07, 6.45) is 0.472. The summed E-state index contributed by atoms with van der Waals surface area (Å²) in [5, 5.41) is 6.49. The molecule has 1 atom stereocenters. The van der Waals surface area contributed by atoms with Crippen molar-refractivity contribution in [2.75, 3.05) is 12.5 Å². The Morgan fingerprint density at radius 2 is 2.24 bits per heavy atom. The Hall–Kier alpha value is -1.95. The second-order valence-corrected chi connectivity index (χ2v) is 4.69. The molecule has 5 nitrogen and oxygen atoms in total. The molecule has 2 rings (SSSR count). The smallest absolute Gasteiger partial charge is 0.378 e. The van der Waals surface area contributed by atoms with Crippen molar-refractivity contribution in [2.45, 2.75) is 19.3 Å². The Labute approximate surface area is 126 Å². The third kappa shape index (κ3) is 3.58. The van der Waals surface area contributed by atoms with Gasteiger partial charge in [-0.3, -0.25) is 5.10 Å². The molecule has 1 unspecified atom stereocenters. The molecule has 1 N–H and O–H groups in total. The van der Waals surface area contributed by atoms with Crippen molar-refractivity contribution in [2.24, 2.45) is 0 Å². The Morgan fingerprint density at radius 1 is 1.48 bits per heavy atom. The van der Waals surface area contributed by atoms with Crippen LogP contribution in [-0.2, 0) is 4.74 Å². The van der Waals surface area contributed by atoms with Crippen LogP contribution in [0.5, 0.6) is 0 Å². The molecule has 1 aromatic carbocycles. The highest BCUT2D eigenvalue weighted by molar-refractivity contribution is 6.17. The number of ether oxygens (including phenoxy) is 1. The molecule has 112 valence electrons. The van der Waals surface area contributed by atoms with Gasteiger partial charge in [-0.25, -0.2) is 14.2 Å². The van der Waals surface area contributed by atoms with Gasteiger partial charge in [0, 0.05) is 11.8 Å². The van der Waals surface area contributed by atoms with E-state index in [1.54, 1.807) is 25.1 Å². The highest BCUT2D eigenvalue weighted by Gasteiger charge is 2.23. The number of carbonyl (C=O) groups is 1. The van der Waals surface area contributed by atoms with E-state index in [1.165, 1.54) is 6.07 Å². The van der Waals surface area contributed by atoms with Gasteiger partial charge in [0.15, 0.2) is 0 Å². The minimum atomic E-state index is -0.613. The van der Waals surface area contributed by atoms with Gasteiger partial charge in [-0.05, 0) is 25.0 Å². The molecule has 0 aliphatic heterocycles. The van der Waals surface area contributed by atoms with Gasteiger partial charge in [0.25, 0.3) is 5.82 Å². The first-order valence-electron chi connectivity index (χ1n) is 6.57. The molecule has 0 radical (unpaired) electrons. The first-order chi connectivity index (χ1) is 10.2. The van der Waals surface area contributed by atoms with Crippen molar-refractivity contribution in [3.05, 3.63) is 47.3 Å². The Bertz CT molecular complexity index is 618. The number of benzene rings is 1. The van der Waals surface area contributed by atoms with Gasteiger partial charge in [-0.15, -0.1) is 16.7 Å². The Kier molecular flexibility index (Phi) is 5.27. The van der Waals surface area contributed by atoms with Crippen LogP contribution >= 0.6 is 11.6 Å². The molecule has 7 heteroatoms. The van der Waals surface area contributed by atoms with Crippen LogP contribution in [0.3, 0.4) is 0 Å². The maximum atomic E-state index is 13.9. The average Bonchev–Trinajstić information content (AvgIpc) is 2.96. The summed E-state index contributed by atoms with van der Waals surface area (Å²) in [7, 11) is 0. The van der Waals surface area contributed by atoms with E-state index in [1.807, 2.05) is 0 Å². The van der Waals surface area contributed by atoms with Crippen molar-refractivity contribution in [3.63, 3.8) is 0 Å². The predicted molar refractivity (Wildman–Crippen MR) is 75.9 cm³/mol. The summed E-state index contributed by atoms with van der Waals surface area (Å²) in [6.45, 7) is 1.93. The van der Waals surface area contributed by atoms with Gasteiger partial charge in [-0.2, -0.15) is 0 Å². The number of hydrogen-bond acceptors (Lipinski definition) is 4. The molecule has 21 heavy (non-hydrogen) atoms. The van der Waals surface area contributed by atoms with Crippen molar-refractivity contribution in [1.29, 1.82) is 0 Å². The van der Waals surface area contributed by atoms with Crippen LogP contribution in [0.1, 0.15) is 41.3 Å². The van der Waals surface area contributed by atoms with Crippen LogP contribution < -0.4 is 0 Å². The highest BCUT2D eigenvalue weighted by atomic mass is 35.5. The van der Waals surface area contributed by atoms with Crippen LogP contribution in [0.4, 0.5) is 4.39 Å². The number of hydrogen-bond donors (Lipinski definition) is 1. The zero-order chi connectivity index (χ0) is 15.2. The first kappa shape index (κ1) is 15.4. The third-order valence-corrected chi connectivity index (χ3v) is 3.19. The fraction of sp³-hybridized carbons (Fsp3) is 0.357. The minimum Gasteiger partial charge on any atom is -0.460 e. The lowest BCUT2D eigenvalue weighted by Gasteiger charge is -2.13. The van der Waals surface area contributed by atoms with Gasteiger partial charge < -0.3 is 4.74 Å². The number of aromatic nitrogens is 3. The van der Waals surface area contributed by atoms with Gasteiger partial charge in [0.1, 0.15) is 11.6 Å². The molecule has 0 fully saturated rings. The van der Waals surface area contributed by atoms with E-state index in [2.05, 4.69) is 15.2 Å². The fourth-order valence-corrected chi connectivity index (χ4v) is 2.24. The number of nitrogens with one attached hydrogen (secondary N) is 1. The van der Waals surface area contributed by atoms with E-state index in [0.29, 0.717) is 23.7 Å². The van der Waals surface area contributed by atoms with Crippen molar-refractivity contribution in [1.82, 2.24) is 15.2 Å². The number of carbonyl (C=O) groups excluding carboxylic acids is 1. The quantitative estimate of drug-likeness (QED) is 0.658. The molecule has 0 amide bonds. The maximum Gasteiger partial charge on any atom is 0.378 e. The number of nitrogens with zero attached hydrogens (tertiary/aromatic N) is 2. The average molecular weight is 312 g/mol. The molecular weight excluding hydrogens is 297 g/mol. The van der Waals surface area contributed by atoms with Gasteiger partial charge in [0.05, 0.1) is 6.61 Å². The monoisotopic (exact) mass is 311 g/mol. The third-order valence-electron chi connectivity index (χ3n) is 2.97. The number of rotatable bonds is 6. The van der Waals surface area contributed by atoms with Crippen LogP contribution in [0, 0.1) is 5.82 Å².